The lowest BCUT2D eigenvalue weighted by Gasteiger charge is -2.43. The first-order chi connectivity index (χ1) is 18.0. The highest BCUT2D eigenvalue weighted by Crippen LogP contribution is 2.45. The van der Waals surface area contributed by atoms with Gasteiger partial charge >= 0.3 is 12.1 Å². The van der Waals surface area contributed by atoms with Crippen molar-refractivity contribution in [1.82, 2.24) is 10.2 Å². The predicted molar refractivity (Wildman–Crippen MR) is 139 cm³/mol. The van der Waals surface area contributed by atoms with Gasteiger partial charge in [-0.1, -0.05) is 85.3 Å². The molecule has 0 atom stereocenters. The molecule has 3 aromatic rings. The molecule has 2 N–H and O–H groups in total. The Balaban J connectivity index is 1.22. The number of benzene rings is 3. The molecule has 7 heteroatoms. The molecule has 0 aromatic heterocycles. The van der Waals surface area contributed by atoms with Crippen molar-refractivity contribution in [2.75, 3.05) is 19.7 Å². The first kappa shape index (κ1) is 24.6. The molecule has 0 bridgehead atoms. The number of hydrogen-bond acceptors (Lipinski definition) is 4. The van der Waals surface area contributed by atoms with Gasteiger partial charge in [-0.3, -0.25) is 9.59 Å². The quantitative estimate of drug-likeness (QED) is 0.442. The highest BCUT2D eigenvalue weighted by atomic mass is 16.5. The average Bonchev–Trinajstić information content (AvgIpc) is 3.20. The van der Waals surface area contributed by atoms with Crippen LogP contribution in [0.5, 0.6) is 0 Å². The van der Waals surface area contributed by atoms with E-state index in [-0.39, 0.29) is 38.1 Å². The smallest absolute Gasteiger partial charge is 0.407 e. The topological polar surface area (TPSA) is 95.9 Å². The molecular formula is C30H30N2O5. The second-order valence-electron chi connectivity index (χ2n) is 9.85. The number of hydrogen-bond donors (Lipinski definition) is 2. The molecule has 2 aliphatic rings. The number of carboxylic acid groups (broad SMARTS) is 1. The third-order valence-corrected chi connectivity index (χ3v) is 7.51. The van der Waals surface area contributed by atoms with Crippen molar-refractivity contribution < 1.29 is 24.2 Å². The Kier molecular flexibility index (Phi) is 6.95. The molecule has 0 saturated heterocycles. The normalized spacial score (nSPS) is 15.1. The van der Waals surface area contributed by atoms with Crippen molar-refractivity contribution in [3.05, 3.63) is 95.6 Å². The van der Waals surface area contributed by atoms with E-state index in [1.165, 1.54) is 4.90 Å². The van der Waals surface area contributed by atoms with Crippen LogP contribution in [-0.4, -0.2) is 47.7 Å². The summed E-state index contributed by atoms with van der Waals surface area (Å²) < 4.78 is 5.64. The molecule has 0 aliphatic heterocycles. The van der Waals surface area contributed by atoms with Crippen molar-refractivity contribution in [1.29, 1.82) is 0 Å². The van der Waals surface area contributed by atoms with E-state index in [1.54, 1.807) is 0 Å². The summed E-state index contributed by atoms with van der Waals surface area (Å²) in [5.74, 6) is -1.36. The molecule has 2 aliphatic carbocycles. The van der Waals surface area contributed by atoms with E-state index in [2.05, 4.69) is 29.6 Å². The van der Waals surface area contributed by atoms with Crippen molar-refractivity contribution in [3.8, 4) is 11.1 Å². The fourth-order valence-corrected chi connectivity index (χ4v) is 5.46. The molecule has 7 nitrogen and oxygen atoms in total. The number of fused-ring (bicyclic) bond motifs is 3. The zero-order chi connectivity index (χ0) is 25.8. The molecule has 0 heterocycles. The minimum atomic E-state index is -1.07. The van der Waals surface area contributed by atoms with Gasteiger partial charge in [-0.2, -0.15) is 0 Å². The number of ether oxygens (including phenoxy) is 1. The molecule has 190 valence electrons. The van der Waals surface area contributed by atoms with E-state index in [4.69, 9.17) is 4.74 Å². The van der Waals surface area contributed by atoms with Gasteiger partial charge in [-0.15, -0.1) is 0 Å². The molecule has 1 saturated carbocycles. The van der Waals surface area contributed by atoms with Gasteiger partial charge in [0.05, 0.1) is 5.41 Å². The Labute approximate surface area is 216 Å². The Morgan fingerprint density at radius 3 is 2.05 bits per heavy atom. The van der Waals surface area contributed by atoms with E-state index >= 15 is 0 Å². The molecule has 5 rings (SSSR count). The summed E-state index contributed by atoms with van der Waals surface area (Å²) in [7, 11) is 0. The Morgan fingerprint density at radius 2 is 1.49 bits per heavy atom. The van der Waals surface area contributed by atoms with Gasteiger partial charge in [0.15, 0.2) is 0 Å². The van der Waals surface area contributed by atoms with Crippen LogP contribution in [0.2, 0.25) is 0 Å². The number of carbonyl (C=O) groups is 3. The Hall–Kier alpha value is -4.13. The molecule has 37 heavy (non-hydrogen) atoms. The maximum atomic E-state index is 13.5. The van der Waals surface area contributed by atoms with Gasteiger partial charge in [0.2, 0.25) is 5.91 Å². The lowest BCUT2D eigenvalue weighted by molar-refractivity contribution is -0.154. The van der Waals surface area contributed by atoms with Crippen LogP contribution in [-0.2, 0) is 20.9 Å². The van der Waals surface area contributed by atoms with Gasteiger partial charge < -0.3 is 20.1 Å². The standard InChI is InChI=1S/C30H30N2O5/c33-27(34)18-32(17-21-9-2-1-3-10-21)28(35)30(15-8-16-30)20-31-29(36)37-19-26-24-13-6-4-11-22(24)23-12-5-7-14-25(23)26/h1-7,9-14,26H,8,15-20H2,(H,31,36)(H,33,34). The van der Waals surface area contributed by atoms with Gasteiger partial charge in [0.25, 0.3) is 0 Å². The van der Waals surface area contributed by atoms with Crippen LogP contribution >= 0.6 is 0 Å². The summed E-state index contributed by atoms with van der Waals surface area (Å²) in [6.07, 6.45) is 1.47. The van der Waals surface area contributed by atoms with Crippen LogP contribution in [0, 0.1) is 5.41 Å². The largest absolute Gasteiger partial charge is 0.480 e. The molecule has 0 spiro atoms. The number of carbonyl (C=O) groups excluding carboxylic acids is 2. The third-order valence-electron chi connectivity index (χ3n) is 7.51. The summed E-state index contributed by atoms with van der Waals surface area (Å²) >= 11 is 0. The number of aliphatic carboxylic acids is 1. The van der Waals surface area contributed by atoms with Crippen molar-refractivity contribution in [3.63, 3.8) is 0 Å². The Morgan fingerprint density at radius 1 is 0.892 bits per heavy atom. The lowest BCUT2D eigenvalue weighted by atomic mass is 9.67. The zero-order valence-corrected chi connectivity index (χ0v) is 20.6. The van der Waals surface area contributed by atoms with Gasteiger partial charge in [-0.05, 0) is 40.7 Å². The summed E-state index contributed by atoms with van der Waals surface area (Å²) in [5, 5.41) is 12.2. The predicted octanol–water partition coefficient (Wildman–Crippen LogP) is 4.81. The van der Waals surface area contributed by atoms with Crippen LogP contribution in [0.15, 0.2) is 78.9 Å². The van der Waals surface area contributed by atoms with E-state index in [0.717, 1.165) is 34.2 Å². The number of alkyl carbamates (subject to hydrolysis) is 1. The minimum Gasteiger partial charge on any atom is -0.480 e. The van der Waals surface area contributed by atoms with Crippen LogP contribution < -0.4 is 5.32 Å². The molecule has 2 amide bonds. The second-order valence-corrected chi connectivity index (χ2v) is 9.85. The van der Waals surface area contributed by atoms with Gasteiger partial charge in [-0.25, -0.2) is 4.79 Å². The average molecular weight is 499 g/mol. The highest BCUT2D eigenvalue weighted by molar-refractivity contribution is 5.87. The van der Waals surface area contributed by atoms with Crippen LogP contribution in [0.4, 0.5) is 4.79 Å². The van der Waals surface area contributed by atoms with Crippen LogP contribution in [0.25, 0.3) is 11.1 Å². The summed E-state index contributed by atoms with van der Waals surface area (Å²) in [5.41, 5.74) is 4.62. The number of nitrogens with one attached hydrogen (secondary N) is 1. The maximum Gasteiger partial charge on any atom is 0.407 e. The molecule has 0 unspecified atom stereocenters. The van der Waals surface area contributed by atoms with Crippen LogP contribution in [0.1, 0.15) is 41.9 Å². The van der Waals surface area contributed by atoms with Crippen molar-refractivity contribution in [2.45, 2.75) is 31.7 Å². The number of rotatable bonds is 9. The SMILES string of the molecule is O=C(O)CN(Cc1ccccc1)C(=O)C1(CNC(=O)OCC2c3ccccc3-c3ccccc32)CCC1. The Bertz CT molecular complexity index is 1260. The molecule has 3 aromatic carbocycles. The zero-order valence-electron chi connectivity index (χ0n) is 20.6. The van der Waals surface area contributed by atoms with E-state index < -0.39 is 17.5 Å². The number of nitrogens with zero attached hydrogens (tertiary/aromatic N) is 1. The summed E-state index contributed by atoms with van der Waals surface area (Å²) in [4.78, 5) is 39.1. The van der Waals surface area contributed by atoms with E-state index in [1.807, 2.05) is 54.6 Å². The second kappa shape index (κ2) is 10.5. The van der Waals surface area contributed by atoms with Crippen molar-refractivity contribution >= 4 is 18.0 Å². The first-order valence-electron chi connectivity index (χ1n) is 12.6. The highest BCUT2D eigenvalue weighted by Gasteiger charge is 2.47. The van der Waals surface area contributed by atoms with Gasteiger partial charge in [0, 0.05) is 19.0 Å². The van der Waals surface area contributed by atoms with E-state index in [0.29, 0.717) is 12.8 Å². The molecular weight excluding hydrogens is 468 g/mol. The summed E-state index contributed by atoms with van der Waals surface area (Å²) in [6, 6.07) is 25.6. The maximum absolute atomic E-state index is 13.5. The van der Waals surface area contributed by atoms with E-state index in [9.17, 15) is 19.5 Å². The lowest BCUT2D eigenvalue weighted by Crippen LogP contribution is -2.54. The minimum absolute atomic E-state index is 0.0469. The first-order valence-corrected chi connectivity index (χ1v) is 12.6. The fraction of sp³-hybridized carbons (Fsp3) is 0.300. The third kappa shape index (κ3) is 5.07. The van der Waals surface area contributed by atoms with Crippen LogP contribution in [0.3, 0.4) is 0 Å². The molecule has 0 radical (unpaired) electrons. The number of amides is 2. The monoisotopic (exact) mass is 498 g/mol. The van der Waals surface area contributed by atoms with Crippen molar-refractivity contribution in [2.24, 2.45) is 5.41 Å². The number of carboxylic acids is 1. The summed E-state index contributed by atoms with van der Waals surface area (Å²) in [6.45, 7) is 0.131. The fourth-order valence-electron chi connectivity index (χ4n) is 5.46. The van der Waals surface area contributed by atoms with Gasteiger partial charge in [0.1, 0.15) is 13.2 Å². The molecule has 1 fully saturated rings.